The molecule has 0 radical (unpaired) electrons. The topological polar surface area (TPSA) is 59.6 Å². The third-order valence-electron chi connectivity index (χ3n) is 3.79. The molecule has 5 heteroatoms. The zero-order chi connectivity index (χ0) is 17.5. The molecule has 0 saturated carbocycles. The van der Waals surface area contributed by atoms with Crippen molar-refractivity contribution in [1.29, 1.82) is 0 Å². The van der Waals surface area contributed by atoms with Crippen LogP contribution in [0.5, 0.6) is 11.5 Å². The Kier molecular flexibility index (Phi) is 6.07. The molecule has 1 unspecified atom stereocenters. The molecular formula is C19H24N2O3. The van der Waals surface area contributed by atoms with Crippen LogP contribution in [0.1, 0.15) is 19.4 Å². The highest BCUT2D eigenvalue weighted by Crippen LogP contribution is 2.29. The summed E-state index contributed by atoms with van der Waals surface area (Å²) in [6.45, 7) is 3.94. The lowest BCUT2D eigenvalue weighted by atomic mass is 10.1. The van der Waals surface area contributed by atoms with Gasteiger partial charge in [0.15, 0.2) is 11.5 Å². The summed E-state index contributed by atoms with van der Waals surface area (Å²) >= 11 is 0. The number of carbonyl (C=O) groups excluding carboxylic acids is 1. The summed E-state index contributed by atoms with van der Waals surface area (Å²) < 4.78 is 10.4. The number of amides is 1. The molecule has 0 spiro atoms. The van der Waals surface area contributed by atoms with Gasteiger partial charge in [-0.3, -0.25) is 4.79 Å². The first-order valence-corrected chi connectivity index (χ1v) is 7.95. The summed E-state index contributed by atoms with van der Waals surface area (Å²) in [6, 6.07) is 13.0. The van der Waals surface area contributed by atoms with Gasteiger partial charge in [0.05, 0.1) is 14.2 Å². The molecule has 2 N–H and O–H groups in total. The van der Waals surface area contributed by atoms with E-state index >= 15 is 0 Å². The average molecular weight is 328 g/mol. The Balaban J connectivity index is 2.00. The highest BCUT2D eigenvalue weighted by molar-refractivity contribution is 5.96. The second kappa shape index (κ2) is 8.24. The van der Waals surface area contributed by atoms with Crippen LogP contribution in [0, 0.1) is 0 Å². The van der Waals surface area contributed by atoms with Gasteiger partial charge in [-0.25, -0.2) is 0 Å². The van der Waals surface area contributed by atoms with Crippen molar-refractivity contribution < 1.29 is 14.3 Å². The number of anilines is 2. The van der Waals surface area contributed by atoms with Crippen LogP contribution in [0.2, 0.25) is 0 Å². The van der Waals surface area contributed by atoms with Crippen molar-refractivity contribution >= 4 is 17.3 Å². The van der Waals surface area contributed by atoms with Gasteiger partial charge >= 0.3 is 0 Å². The predicted molar refractivity (Wildman–Crippen MR) is 97.1 cm³/mol. The number of benzene rings is 2. The van der Waals surface area contributed by atoms with Crippen LogP contribution in [-0.4, -0.2) is 26.2 Å². The zero-order valence-corrected chi connectivity index (χ0v) is 14.6. The lowest BCUT2D eigenvalue weighted by Gasteiger charge is -2.16. The minimum Gasteiger partial charge on any atom is -0.493 e. The van der Waals surface area contributed by atoms with Gasteiger partial charge in [-0.15, -0.1) is 0 Å². The van der Waals surface area contributed by atoms with Crippen molar-refractivity contribution in [2.24, 2.45) is 0 Å². The third-order valence-corrected chi connectivity index (χ3v) is 3.79. The second-order valence-corrected chi connectivity index (χ2v) is 5.48. The van der Waals surface area contributed by atoms with Gasteiger partial charge in [0.25, 0.3) is 0 Å². The fourth-order valence-corrected chi connectivity index (χ4v) is 2.32. The predicted octanol–water partition coefficient (Wildman–Crippen LogP) is 3.71. The van der Waals surface area contributed by atoms with Crippen LogP contribution >= 0.6 is 0 Å². The number of nitrogens with one attached hydrogen (secondary N) is 2. The molecule has 0 aromatic heterocycles. The first-order valence-electron chi connectivity index (χ1n) is 7.95. The van der Waals surface area contributed by atoms with Crippen molar-refractivity contribution in [1.82, 2.24) is 0 Å². The molecule has 5 nitrogen and oxygen atoms in total. The highest BCUT2D eigenvalue weighted by atomic mass is 16.5. The summed E-state index contributed by atoms with van der Waals surface area (Å²) in [5.74, 6) is 1.07. The van der Waals surface area contributed by atoms with Crippen molar-refractivity contribution in [2.75, 3.05) is 24.9 Å². The van der Waals surface area contributed by atoms with E-state index < -0.39 is 0 Å². The van der Waals surface area contributed by atoms with Crippen LogP contribution in [0.3, 0.4) is 0 Å². The molecule has 2 aromatic rings. The van der Waals surface area contributed by atoms with E-state index in [4.69, 9.17) is 9.47 Å². The maximum Gasteiger partial charge on any atom is 0.246 e. The first-order chi connectivity index (χ1) is 11.6. The van der Waals surface area contributed by atoms with Gasteiger partial charge in [-0.05, 0) is 43.2 Å². The van der Waals surface area contributed by atoms with Gasteiger partial charge in [-0.2, -0.15) is 0 Å². The maximum atomic E-state index is 12.3. The number of carbonyl (C=O) groups is 1. The number of hydrogen-bond donors (Lipinski definition) is 2. The van der Waals surface area contributed by atoms with E-state index in [2.05, 4.69) is 29.7 Å². The van der Waals surface area contributed by atoms with Crippen LogP contribution in [0.15, 0.2) is 42.5 Å². The zero-order valence-electron chi connectivity index (χ0n) is 14.6. The van der Waals surface area contributed by atoms with Crippen LogP contribution in [0.4, 0.5) is 11.4 Å². The Hall–Kier alpha value is -2.69. The number of hydrogen-bond acceptors (Lipinski definition) is 4. The standard InChI is InChI=1S/C19H24N2O3/c1-5-14-6-8-15(9-7-14)20-13(2)19(22)21-16-10-11-17(23-3)18(12-16)24-4/h6-13,20H,5H2,1-4H3,(H,21,22). The smallest absolute Gasteiger partial charge is 0.246 e. The van der Waals surface area contributed by atoms with Gasteiger partial charge in [0, 0.05) is 17.4 Å². The fourth-order valence-electron chi connectivity index (χ4n) is 2.32. The normalized spacial score (nSPS) is 11.5. The molecular weight excluding hydrogens is 304 g/mol. The molecule has 0 fully saturated rings. The molecule has 0 aliphatic rings. The highest BCUT2D eigenvalue weighted by Gasteiger charge is 2.14. The van der Waals surface area contributed by atoms with Crippen molar-refractivity contribution in [3.63, 3.8) is 0 Å². The third kappa shape index (κ3) is 4.41. The summed E-state index contributed by atoms with van der Waals surface area (Å²) in [5.41, 5.74) is 2.85. The van der Waals surface area contributed by atoms with Gasteiger partial charge < -0.3 is 20.1 Å². The molecule has 2 rings (SSSR count). The minimum absolute atomic E-state index is 0.123. The largest absolute Gasteiger partial charge is 0.493 e. The van der Waals surface area contributed by atoms with Crippen LogP contribution < -0.4 is 20.1 Å². The molecule has 0 aliphatic carbocycles. The lowest BCUT2D eigenvalue weighted by molar-refractivity contribution is -0.116. The van der Waals surface area contributed by atoms with Crippen LogP contribution in [0.25, 0.3) is 0 Å². The number of aryl methyl sites for hydroxylation is 1. The summed E-state index contributed by atoms with van der Waals surface area (Å²) in [4.78, 5) is 12.3. The minimum atomic E-state index is -0.370. The molecule has 0 saturated heterocycles. The van der Waals surface area contributed by atoms with E-state index in [-0.39, 0.29) is 11.9 Å². The second-order valence-electron chi connectivity index (χ2n) is 5.48. The first kappa shape index (κ1) is 17.7. The Bertz CT molecular complexity index is 684. The Labute approximate surface area is 143 Å². The van der Waals surface area contributed by atoms with E-state index in [1.54, 1.807) is 32.4 Å². The van der Waals surface area contributed by atoms with E-state index in [1.165, 1.54) is 5.56 Å². The molecule has 1 amide bonds. The number of ether oxygens (including phenoxy) is 2. The van der Waals surface area contributed by atoms with Gasteiger partial charge in [0.2, 0.25) is 5.91 Å². The fraction of sp³-hybridized carbons (Fsp3) is 0.316. The summed E-state index contributed by atoms with van der Waals surface area (Å²) in [7, 11) is 3.14. The molecule has 0 aliphatic heterocycles. The molecule has 0 bridgehead atoms. The molecule has 24 heavy (non-hydrogen) atoms. The van der Waals surface area contributed by atoms with Gasteiger partial charge in [0.1, 0.15) is 6.04 Å². The SMILES string of the molecule is CCc1ccc(NC(C)C(=O)Nc2ccc(OC)c(OC)c2)cc1. The Morgan fingerprint density at radius 1 is 1.00 bits per heavy atom. The van der Waals surface area contributed by atoms with Crippen molar-refractivity contribution in [2.45, 2.75) is 26.3 Å². The average Bonchev–Trinajstić information content (AvgIpc) is 2.62. The lowest BCUT2D eigenvalue weighted by Crippen LogP contribution is -2.31. The summed E-state index contributed by atoms with van der Waals surface area (Å²) in [6.07, 6.45) is 0.996. The quantitative estimate of drug-likeness (QED) is 0.813. The molecule has 1 atom stereocenters. The van der Waals surface area contributed by atoms with Gasteiger partial charge in [-0.1, -0.05) is 19.1 Å². The van der Waals surface area contributed by atoms with Crippen molar-refractivity contribution in [3.8, 4) is 11.5 Å². The number of methoxy groups -OCH3 is 2. The number of rotatable bonds is 7. The molecule has 128 valence electrons. The van der Waals surface area contributed by atoms with E-state index in [0.717, 1.165) is 12.1 Å². The van der Waals surface area contributed by atoms with E-state index in [1.807, 2.05) is 19.1 Å². The monoisotopic (exact) mass is 328 g/mol. The van der Waals surface area contributed by atoms with E-state index in [9.17, 15) is 4.79 Å². The van der Waals surface area contributed by atoms with E-state index in [0.29, 0.717) is 17.2 Å². The summed E-state index contributed by atoms with van der Waals surface area (Å²) in [5, 5.41) is 6.07. The Morgan fingerprint density at radius 2 is 1.62 bits per heavy atom. The molecule has 2 aromatic carbocycles. The Morgan fingerprint density at radius 3 is 2.21 bits per heavy atom. The van der Waals surface area contributed by atoms with Crippen LogP contribution in [-0.2, 0) is 11.2 Å². The molecule has 0 heterocycles. The maximum absolute atomic E-state index is 12.3. The van der Waals surface area contributed by atoms with Crippen molar-refractivity contribution in [3.05, 3.63) is 48.0 Å².